The number of furan rings is 2. The zero-order valence-electron chi connectivity index (χ0n) is 39.5. The second-order valence-corrected chi connectivity index (χ2v) is 19.8. The van der Waals surface area contributed by atoms with Crippen molar-refractivity contribution in [3.8, 4) is 39.9 Å². The van der Waals surface area contributed by atoms with Gasteiger partial charge in [0.2, 0.25) is 0 Å². The lowest BCUT2D eigenvalue weighted by atomic mass is 9.76. The molecule has 7 nitrogen and oxygen atoms in total. The van der Waals surface area contributed by atoms with Crippen molar-refractivity contribution in [2.45, 2.75) is 18.4 Å². The topological polar surface area (TPSA) is 73.1 Å². The molecule has 5 heterocycles. The van der Waals surface area contributed by atoms with Gasteiger partial charge < -0.3 is 18.3 Å². The molecule has 0 saturated heterocycles. The molecule has 342 valence electrons. The molecular formula is C66H41N5O2. The lowest BCUT2D eigenvalue weighted by Gasteiger charge is -2.34. The van der Waals surface area contributed by atoms with Crippen molar-refractivity contribution in [3.63, 3.8) is 0 Å². The molecule has 16 rings (SSSR count). The van der Waals surface area contributed by atoms with Gasteiger partial charge in [0.15, 0.2) is 17.5 Å². The van der Waals surface area contributed by atoms with Crippen LogP contribution >= 0.6 is 0 Å². The number of nitrogens with zero attached hydrogens (tertiary/aromatic N) is 5. The zero-order chi connectivity index (χ0) is 47.9. The summed E-state index contributed by atoms with van der Waals surface area (Å²) in [4.78, 5) is 18.9. The third-order valence-corrected chi connectivity index (χ3v) is 15.6. The molecule has 2 aliphatic rings. The Morgan fingerprint density at radius 3 is 1.90 bits per heavy atom. The fourth-order valence-electron chi connectivity index (χ4n) is 12.1. The summed E-state index contributed by atoms with van der Waals surface area (Å²) in [6.07, 6.45) is 8.99. The van der Waals surface area contributed by atoms with Gasteiger partial charge in [-0.1, -0.05) is 140 Å². The first kappa shape index (κ1) is 40.2. The van der Waals surface area contributed by atoms with Gasteiger partial charge in [-0.2, -0.15) is 0 Å². The number of fused-ring (bicyclic) bond motifs is 14. The first-order valence-corrected chi connectivity index (χ1v) is 24.9. The molecular weight excluding hydrogens is 895 g/mol. The number of para-hydroxylation sites is 3. The van der Waals surface area contributed by atoms with Crippen LogP contribution in [0.4, 0.5) is 11.4 Å². The summed E-state index contributed by atoms with van der Waals surface area (Å²) < 4.78 is 15.8. The van der Waals surface area contributed by atoms with Gasteiger partial charge in [0.05, 0.1) is 22.6 Å². The monoisotopic (exact) mass is 935 g/mol. The fraction of sp³-hybridized carbons (Fsp3) is 0.0455. The summed E-state index contributed by atoms with van der Waals surface area (Å²) in [6.45, 7) is 2.34. The van der Waals surface area contributed by atoms with Crippen LogP contribution in [0.3, 0.4) is 0 Å². The molecule has 2 atom stereocenters. The van der Waals surface area contributed by atoms with Crippen molar-refractivity contribution >= 4 is 98.6 Å². The van der Waals surface area contributed by atoms with E-state index in [4.69, 9.17) is 23.8 Å². The van der Waals surface area contributed by atoms with E-state index in [1.54, 1.807) is 0 Å². The SMILES string of the molecule is CC12C=CC=CC1N(c1ccccc1)c1cc(-c3nc(-c4ccc5oc6ccccc6c5c4)nc(-c4cc(-n5c6ccccc6c6cc7ccccc7cc65)cc5c4oc4cc6ccccc6cc45)n3)ccc12. The first-order valence-electron chi connectivity index (χ1n) is 24.9. The minimum absolute atomic E-state index is 0.0886. The van der Waals surface area contributed by atoms with E-state index >= 15 is 0 Å². The lowest BCUT2D eigenvalue weighted by molar-refractivity contribution is 0.551. The molecule has 14 aromatic rings. The molecule has 0 N–H and O–H groups in total. The standard InChI is InChI=1S/C66H41N5O2/c1-66-30-14-13-25-61(66)71(45-19-3-2-4-20-45)57-35-44(26-28-54(57)66)64-67-63(43-27-29-59-50(33-43)48-22-10-12-24-58(48)72-59)68-65(69-64)53-38-46(37-52-51-32-40-16-6-8-18-42(40)36-60(51)73-62(52)53)70-55-23-11-9-21-47(55)49-31-39-15-5-7-17-41(39)34-56(49)70/h2-38,61H,1H3. The van der Waals surface area contributed by atoms with E-state index in [0.29, 0.717) is 23.1 Å². The highest BCUT2D eigenvalue weighted by Gasteiger charge is 2.46. The Hall–Kier alpha value is -9.59. The summed E-state index contributed by atoms with van der Waals surface area (Å²) in [7, 11) is 0. The summed E-state index contributed by atoms with van der Waals surface area (Å²) >= 11 is 0. The molecule has 10 aromatic carbocycles. The predicted octanol–water partition coefficient (Wildman–Crippen LogP) is 17.0. The van der Waals surface area contributed by atoms with Crippen LogP contribution in [0.25, 0.3) is 127 Å². The van der Waals surface area contributed by atoms with Gasteiger partial charge in [-0.05, 0) is 119 Å². The van der Waals surface area contributed by atoms with E-state index < -0.39 is 0 Å². The van der Waals surface area contributed by atoms with Gasteiger partial charge in [0.25, 0.3) is 0 Å². The largest absolute Gasteiger partial charge is 0.456 e. The van der Waals surface area contributed by atoms with Crippen molar-refractivity contribution in [2.24, 2.45) is 0 Å². The third kappa shape index (κ3) is 5.90. The number of rotatable bonds is 5. The maximum atomic E-state index is 7.08. The number of allylic oxidation sites excluding steroid dienone is 2. The molecule has 0 saturated carbocycles. The molecule has 1 aliphatic carbocycles. The molecule has 73 heavy (non-hydrogen) atoms. The van der Waals surface area contributed by atoms with Crippen LogP contribution in [-0.4, -0.2) is 25.6 Å². The molecule has 0 fully saturated rings. The molecule has 0 bridgehead atoms. The van der Waals surface area contributed by atoms with Crippen LogP contribution in [0.2, 0.25) is 0 Å². The predicted molar refractivity (Wildman–Crippen MR) is 298 cm³/mol. The quantitative estimate of drug-likeness (QED) is 0.171. The molecule has 0 spiro atoms. The van der Waals surface area contributed by atoms with Gasteiger partial charge in [-0.15, -0.1) is 0 Å². The average Bonchev–Trinajstić information content (AvgIpc) is 4.17. The zero-order valence-corrected chi connectivity index (χ0v) is 39.5. The molecule has 1 aliphatic heterocycles. The highest BCUT2D eigenvalue weighted by molar-refractivity contribution is 6.16. The van der Waals surface area contributed by atoms with Crippen molar-refractivity contribution in [3.05, 3.63) is 230 Å². The summed E-state index contributed by atoms with van der Waals surface area (Å²) in [5.74, 6) is 1.61. The molecule has 4 aromatic heterocycles. The molecule has 7 heteroatoms. The summed E-state index contributed by atoms with van der Waals surface area (Å²) in [6, 6.07) is 71.2. The fourth-order valence-corrected chi connectivity index (χ4v) is 12.1. The minimum atomic E-state index is -0.242. The Balaban J connectivity index is 0.989. The highest BCUT2D eigenvalue weighted by atomic mass is 16.3. The molecule has 2 unspecified atom stereocenters. The second-order valence-electron chi connectivity index (χ2n) is 19.8. The van der Waals surface area contributed by atoms with E-state index in [1.807, 2.05) is 24.3 Å². The maximum absolute atomic E-state index is 7.08. The number of aromatic nitrogens is 4. The third-order valence-electron chi connectivity index (χ3n) is 15.6. The van der Waals surface area contributed by atoms with Crippen LogP contribution in [0.15, 0.2) is 233 Å². The van der Waals surface area contributed by atoms with Gasteiger partial charge in [0, 0.05) is 65.9 Å². The average molecular weight is 936 g/mol. The number of hydrogen-bond acceptors (Lipinski definition) is 6. The molecule has 0 radical (unpaired) electrons. The Labute approximate surface area is 418 Å². The summed E-state index contributed by atoms with van der Waals surface area (Å²) in [5, 5.41) is 11.0. The van der Waals surface area contributed by atoms with Crippen molar-refractivity contribution in [2.75, 3.05) is 4.90 Å². The Morgan fingerprint density at radius 2 is 1.08 bits per heavy atom. The smallest absolute Gasteiger partial charge is 0.167 e. The van der Waals surface area contributed by atoms with Gasteiger partial charge in [-0.3, -0.25) is 0 Å². The van der Waals surface area contributed by atoms with Crippen LogP contribution < -0.4 is 4.90 Å². The van der Waals surface area contributed by atoms with Crippen LogP contribution in [0.5, 0.6) is 0 Å². The Bertz CT molecular complexity index is 4730. The number of benzene rings is 10. The van der Waals surface area contributed by atoms with E-state index in [-0.39, 0.29) is 11.5 Å². The highest BCUT2D eigenvalue weighted by Crippen LogP contribution is 2.52. The van der Waals surface area contributed by atoms with Crippen LogP contribution in [-0.2, 0) is 5.41 Å². The van der Waals surface area contributed by atoms with E-state index in [1.165, 1.54) is 27.1 Å². The first-order chi connectivity index (χ1) is 36.0. The van der Waals surface area contributed by atoms with Gasteiger partial charge in [-0.25, -0.2) is 15.0 Å². The normalized spacial score (nSPS) is 16.3. The van der Waals surface area contributed by atoms with Crippen molar-refractivity contribution in [1.29, 1.82) is 0 Å². The Morgan fingerprint density at radius 1 is 0.438 bits per heavy atom. The van der Waals surface area contributed by atoms with Crippen LogP contribution in [0, 0.1) is 0 Å². The Kier molecular flexibility index (Phi) is 8.24. The lowest BCUT2D eigenvalue weighted by Crippen LogP contribution is -2.39. The number of anilines is 2. The van der Waals surface area contributed by atoms with Crippen molar-refractivity contribution < 1.29 is 8.83 Å². The van der Waals surface area contributed by atoms with E-state index in [2.05, 4.69) is 217 Å². The van der Waals surface area contributed by atoms with Gasteiger partial charge >= 0.3 is 0 Å². The van der Waals surface area contributed by atoms with E-state index in [9.17, 15) is 0 Å². The van der Waals surface area contributed by atoms with Crippen LogP contribution in [0.1, 0.15) is 12.5 Å². The summed E-state index contributed by atoms with van der Waals surface area (Å²) in [5.41, 5.74) is 12.1. The minimum Gasteiger partial charge on any atom is -0.456 e. The molecule has 0 amide bonds. The maximum Gasteiger partial charge on any atom is 0.167 e. The second kappa shape index (κ2) is 15.0. The van der Waals surface area contributed by atoms with Crippen molar-refractivity contribution in [1.82, 2.24) is 19.5 Å². The van der Waals surface area contributed by atoms with Gasteiger partial charge in [0.1, 0.15) is 22.3 Å². The van der Waals surface area contributed by atoms with E-state index in [0.717, 1.165) is 93.9 Å². The number of hydrogen-bond donors (Lipinski definition) is 0.